The summed E-state index contributed by atoms with van der Waals surface area (Å²) in [5.74, 6) is -0.209. The number of ether oxygens (including phenoxy) is 1. The van der Waals surface area contributed by atoms with Crippen molar-refractivity contribution in [3.63, 3.8) is 0 Å². The van der Waals surface area contributed by atoms with E-state index in [4.69, 9.17) is 9.15 Å². The molecule has 0 radical (unpaired) electrons. The van der Waals surface area contributed by atoms with E-state index in [2.05, 4.69) is 17.6 Å². The van der Waals surface area contributed by atoms with E-state index in [1.165, 1.54) is 6.26 Å². The summed E-state index contributed by atoms with van der Waals surface area (Å²) >= 11 is 0. The normalized spacial score (nSPS) is 10.9. The molecule has 0 spiro atoms. The monoisotopic (exact) mass is 369 g/mol. The third-order valence-electron chi connectivity index (χ3n) is 4.18. The van der Waals surface area contributed by atoms with E-state index in [9.17, 15) is 9.59 Å². The maximum absolute atomic E-state index is 12.5. The number of anilines is 1. The van der Waals surface area contributed by atoms with Gasteiger partial charge in [-0.1, -0.05) is 6.92 Å². The lowest BCUT2D eigenvalue weighted by molar-refractivity contribution is 0.0927. The van der Waals surface area contributed by atoms with Gasteiger partial charge in [0.05, 0.1) is 12.9 Å². The van der Waals surface area contributed by atoms with Gasteiger partial charge in [0.15, 0.2) is 5.76 Å². The Hall–Kier alpha value is -3.06. The van der Waals surface area contributed by atoms with E-state index >= 15 is 0 Å². The molecule has 2 aromatic heterocycles. The van der Waals surface area contributed by atoms with Gasteiger partial charge in [-0.2, -0.15) is 0 Å². The molecule has 2 heterocycles. The van der Waals surface area contributed by atoms with Crippen LogP contribution >= 0.6 is 0 Å². The fraction of sp³-hybridized carbons (Fsp3) is 0.300. The predicted molar refractivity (Wildman–Crippen MR) is 103 cm³/mol. The number of hydrogen-bond donors (Lipinski definition) is 2. The van der Waals surface area contributed by atoms with Gasteiger partial charge < -0.3 is 24.4 Å². The Labute approximate surface area is 157 Å². The molecule has 0 aliphatic heterocycles. The lowest BCUT2D eigenvalue weighted by atomic mass is 10.2. The molecule has 3 aromatic rings. The molecule has 0 saturated carbocycles. The summed E-state index contributed by atoms with van der Waals surface area (Å²) in [7, 11) is 1.60. The first-order valence-corrected chi connectivity index (χ1v) is 8.89. The largest absolute Gasteiger partial charge is 0.459 e. The number of nitrogens with zero attached hydrogens (tertiary/aromatic N) is 1. The van der Waals surface area contributed by atoms with E-state index in [1.807, 2.05) is 28.8 Å². The quantitative estimate of drug-likeness (QED) is 0.597. The van der Waals surface area contributed by atoms with Crippen LogP contribution in [-0.4, -0.2) is 36.6 Å². The summed E-state index contributed by atoms with van der Waals surface area (Å²) in [6, 6.07) is 10.7. The van der Waals surface area contributed by atoms with Crippen molar-refractivity contribution in [3.05, 3.63) is 54.1 Å². The third-order valence-corrected chi connectivity index (χ3v) is 4.18. The number of carbonyl (C=O) groups is 2. The van der Waals surface area contributed by atoms with Crippen LogP contribution in [0.4, 0.5) is 5.69 Å². The fourth-order valence-electron chi connectivity index (χ4n) is 2.96. The van der Waals surface area contributed by atoms with Gasteiger partial charge in [-0.15, -0.1) is 0 Å². The van der Waals surface area contributed by atoms with Gasteiger partial charge in [-0.25, -0.2) is 0 Å². The summed E-state index contributed by atoms with van der Waals surface area (Å²) in [6.07, 6.45) is 2.36. The SMILES string of the molecule is CCCn1c(C(=O)NCCOC)cc2cc(NC(=O)c3ccco3)ccc21. The van der Waals surface area contributed by atoms with Crippen molar-refractivity contribution < 1.29 is 18.7 Å². The van der Waals surface area contributed by atoms with Gasteiger partial charge in [0.2, 0.25) is 0 Å². The number of methoxy groups -OCH3 is 1. The van der Waals surface area contributed by atoms with E-state index in [1.54, 1.807) is 19.2 Å². The number of furan rings is 1. The average Bonchev–Trinajstić information content (AvgIpc) is 3.30. The van der Waals surface area contributed by atoms with Crippen LogP contribution in [0.1, 0.15) is 34.4 Å². The van der Waals surface area contributed by atoms with Gasteiger partial charge in [-0.3, -0.25) is 9.59 Å². The minimum Gasteiger partial charge on any atom is -0.459 e. The van der Waals surface area contributed by atoms with E-state index in [0.29, 0.717) is 24.5 Å². The van der Waals surface area contributed by atoms with Crippen molar-refractivity contribution in [1.82, 2.24) is 9.88 Å². The van der Waals surface area contributed by atoms with Gasteiger partial charge in [0.1, 0.15) is 5.69 Å². The van der Waals surface area contributed by atoms with E-state index in [-0.39, 0.29) is 17.6 Å². The van der Waals surface area contributed by atoms with Crippen LogP contribution in [0.5, 0.6) is 0 Å². The van der Waals surface area contributed by atoms with Gasteiger partial charge >= 0.3 is 0 Å². The number of fused-ring (bicyclic) bond motifs is 1. The molecule has 0 aliphatic carbocycles. The smallest absolute Gasteiger partial charge is 0.291 e. The molecule has 27 heavy (non-hydrogen) atoms. The second-order valence-electron chi connectivity index (χ2n) is 6.13. The number of benzene rings is 1. The molecule has 0 saturated heterocycles. The highest BCUT2D eigenvalue weighted by Crippen LogP contribution is 2.24. The first kappa shape index (κ1) is 18.7. The number of carbonyl (C=O) groups excluding carboxylic acids is 2. The predicted octanol–water partition coefficient (Wildman–Crippen LogP) is 3.27. The number of amides is 2. The van der Waals surface area contributed by atoms with Crippen molar-refractivity contribution in [1.29, 1.82) is 0 Å². The molecular weight excluding hydrogens is 346 g/mol. The molecule has 2 N–H and O–H groups in total. The summed E-state index contributed by atoms with van der Waals surface area (Å²) in [5, 5.41) is 6.55. The number of rotatable bonds is 8. The highest BCUT2D eigenvalue weighted by atomic mass is 16.5. The van der Waals surface area contributed by atoms with E-state index in [0.717, 1.165) is 23.9 Å². The van der Waals surface area contributed by atoms with Crippen molar-refractivity contribution in [2.75, 3.05) is 25.6 Å². The highest BCUT2D eigenvalue weighted by Gasteiger charge is 2.16. The molecule has 2 amide bonds. The third kappa shape index (κ3) is 4.20. The lowest BCUT2D eigenvalue weighted by Gasteiger charge is -2.10. The highest BCUT2D eigenvalue weighted by molar-refractivity contribution is 6.04. The molecule has 0 unspecified atom stereocenters. The van der Waals surface area contributed by atoms with Crippen LogP contribution in [-0.2, 0) is 11.3 Å². The molecular formula is C20H23N3O4. The molecule has 142 valence electrons. The number of aryl methyl sites for hydroxylation is 1. The summed E-state index contributed by atoms with van der Waals surface area (Å²) in [4.78, 5) is 24.7. The van der Waals surface area contributed by atoms with Crippen LogP contribution in [0.3, 0.4) is 0 Å². The van der Waals surface area contributed by atoms with Gasteiger partial charge in [0, 0.05) is 36.8 Å². The number of hydrogen-bond acceptors (Lipinski definition) is 4. The molecule has 3 rings (SSSR count). The molecule has 0 fully saturated rings. The topological polar surface area (TPSA) is 85.5 Å². The standard InChI is InChI=1S/C20H23N3O4/c1-3-9-23-16-7-6-15(22-20(25)18-5-4-10-27-18)12-14(16)13-17(23)19(24)21-8-11-26-2/h4-7,10,12-13H,3,8-9,11H2,1-2H3,(H,21,24)(H,22,25). The first-order valence-electron chi connectivity index (χ1n) is 8.89. The Morgan fingerprint density at radius 3 is 2.74 bits per heavy atom. The minimum atomic E-state index is -0.315. The number of aromatic nitrogens is 1. The Morgan fingerprint density at radius 2 is 2.04 bits per heavy atom. The molecule has 1 aromatic carbocycles. The van der Waals surface area contributed by atoms with Crippen molar-refractivity contribution >= 4 is 28.4 Å². The van der Waals surface area contributed by atoms with Crippen LogP contribution < -0.4 is 10.6 Å². The molecule has 0 atom stereocenters. The van der Waals surface area contributed by atoms with Crippen LogP contribution in [0.2, 0.25) is 0 Å². The zero-order valence-electron chi connectivity index (χ0n) is 15.5. The average molecular weight is 369 g/mol. The Morgan fingerprint density at radius 1 is 1.19 bits per heavy atom. The maximum atomic E-state index is 12.5. The maximum Gasteiger partial charge on any atom is 0.291 e. The first-order chi connectivity index (χ1) is 13.1. The van der Waals surface area contributed by atoms with Crippen molar-refractivity contribution in [2.24, 2.45) is 0 Å². The summed E-state index contributed by atoms with van der Waals surface area (Å²) in [6.45, 7) is 3.71. The molecule has 0 bridgehead atoms. The van der Waals surface area contributed by atoms with Crippen LogP contribution in [0.15, 0.2) is 47.1 Å². The Balaban J connectivity index is 1.87. The van der Waals surface area contributed by atoms with Crippen molar-refractivity contribution in [3.8, 4) is 0 Å². The van der Waals surface area contributed by atoms with Crippen LogP contribution in [0.25, 0.3) is 10.9 Å². The lowest BCUT2D eigenvalue weighted by Crippen LogP contribution is -2.28. The minimum absolute atomic E-state index is 0.141. The van der Waals surface area contributed by atoms with Crippen LogP contribution in [0, 0.1) is 0 Å². The second kappa shape index (κ2) is 8.55. The molecule has 7 nitrogen and oxygen atoms in total. The van der Waals surface area contributed by atoms with E-state index < -0.39 is 0 Å². The summed E-state index contributed by atoms with van der Waals surface area (Å²) in [5.41, 5.74) is 2.19. The fourth-order valence-corrected chi connectivity index (χ4v) is 2.96. The number of nitrogens with one attached hydrogen (secondary N) is 2. The van der Waals surface area contributed by atoms with Crippen molar-refractivity contribution in [2.45, 2.75) is 19.9 Å². The molecule has 7 heteroatoms. The second-order valence-corrected chi connectivity index (χ2v) is 6.13. The van der Waals surface area contributed by atoms with Gasteiger partial charge in [0.25, 0.3) is 11.8 Å². The zero-order valence-corrected chi connectivity index (χ0v) is 15.5. The Bertz CT molecular complexity index is 928. The Kier molecular flexibility index (Phi) is 5.93. The summed E-state index contributed by atoms with van der Waals surface area (Å²) < 4.78 is 12.1. The molecule has 0 aliphatic rings. The van der Waals surface area contributed by atoms with Gasteiger partial charge in [-0.05, 0) is 42.8 Å². The zero-order chi connectivity index (χ0) is 19.2.